The molecular formula is C13H16N4O2S. The fourth-order valence-corrected chi connectivity index (χ4v) is 3.40. The third-order valence-corrected chi connectivity index (χ3v) is 4.49. The van der Waals surface area contributed by atoms with Gasteiger partial charge in [0.15, 0.2) is 0 Å². The van der Waals surface area contributed by atoms with Gasteiger partial charge in [0.25, 0.3) is 5.91 Å². The molecule has 1 aliphatic carbocycles. The monoisotopic (exact) mass is 292 g/mol. The van der Waals surface area contributed by atoms with Gasteiger partial charge in [0.05, 0.1) is 5.39 Å². The Morgan fingerprint density at radius 2 is 2.35 bits per heavy atom. The van der Waals surface area contributed by atoms with E-state index >= 15 is 0 Å². The van der Waals surface area contributed by atoms with Gasteiger partial charge in [-0.2, -0.15) is 0 Å². The first-order valence-corrected chi connectivity index (χ1v) is 7.47. The zero-order chi connectivity index (χ0) is 14.1. The van der Waals surface area contributed by atoms with Crippen molar-refractivity contribution in [3.05, 3.63) is 17.3 Å². The highest BCUT2D eigenvalue weighted by Crippen LogP contribution is 2.30. The van der Waals surface area contributed by atoms with Crippen molar-refractivity contribution in [1.29, 1.82) is 0 Å². The molecule has 106 valence electrons. The van der Waals surface area contributed by atoms with Crippen molar-refractivity contribution in [2.24, 2.45) is 11.7 Å². The number of nitrogens with two attached hydrogens (primary N) is 1. The van der Waals surface area contributed by atoms with Crippen LogP contribution in [0.3, 0.4) is 0 Å². The molecule has 1 saturated carbocycles. The van der Waals surface area contributed by atoms with E-state index in [1.807, 2.05) is 11.4 Å². The lowest BCUT2D eigenvalue weighted by Gasteiger charge is -2.14. The van der Waals surface area contributed by atoms with Crippen molar-refractivity contribution in [3.63, 3.8) is 0 Å². The lowest BCUT2D eigenvalue weighted by atomic mass is 10.1. The van der Waals surface area contributed by atoms with Crippen molar-refractivity contribution in [3.8, 4) is 0 Å². The Bertz CT molecular complexity index is 642. The van der Waals surface area contributed by atoms with Gasteiger partial charge >= 0.3 is 0 Å². The van der Waals surface area contributed by atoms with E-state index in [9.17, 15) is 9.90 Å². The van der Waals surface area contributed by atoms with Gasteiger partial charge in [0.1, 0.15) is 10.6 Å². The topological polar surface area (TPSA) is 101 Å². The molecule has 4 N–H and O–H groups in total. The van der Waals surface area contributed by atoms with E-state index < -0.39 is 5.91 Å². The number of nitrogens with zero attached hydrogens (tertiary/aromatic N) is 2. The first-order valence-electron chi connectivity index (χ1n) is 6.60. The van der Waals surface area contributed by atoms with Crippen LogP contribution in [0, 0.1) is 5.92 Å². The van der Waals surface area contributed by atoms with Crippen molar-refractivity contribution < 1.29 is 9.90 Å². The molecule has 0 radical (unpaired) electrons. The maximum atomic E-state index is 11.3. The number of aliphatic hydroxyl groups is 1. The number of rotatable bonds is 4. The number of carbonyl (C=O) groups excluding carboxylic acids is 1. The second kappa shape index (κ2) is 5.34. The molecule has 1 fully saturated rings. The molecule has 0 unspecified atom stereocenters. The maximum absolute atomic E-state index is 11.3. The summed E-state index contributed by atoms with van der Waals surface area (Å²) in [7, 11) is 0. The van der Waals surface area contributed by atoms with Crippen LogP contribution in [0.4, 0.5) is 5.82 Å². The van der Waals surface area contributed by atoms with Crippen LogP contribution < -0.4 is 11.1 Å². The minimum atomic E-state index is -0.622. The van der Waals surface area contributed by atoms with Crippen molar-refractivity contribution in [2.45, 2.75) is 25.3 Å². The maximum Gasteiger partial charge on any atom is 0.286 e. The second-order valence-electron chi connectivity index (χ2n) is 5.10. The summed E-state index contributed by atoms with van der Waals surface area (Å²) in [6.45, 7) is 0.225. The van der Waals surface area contributed by atoms with E-state index in [-0.39, 0.29) is 18.5 Å². The summed E-state index contributed by atoms with van der Waals surface area (Å²) in [6.07, 6.45) is 2.92. The number of anilines is 1. The fraction of sp³-hybridized carbons (Fsp3) is 0.462. The van der Waals surface area contributed by atoms with Gasteiger partial charge in [-0.15, -0.1) is 11.3 Å². The van der Waals surface area contributed by atoms with Crippen LogP contribution in [-0.2, 0) is 0 Å². The minimum absolute atomic E-state index is 0.0409. The number of hydrogen-bond donors (Lipinski definition) is 3. The highest BCUT2D eigenvalue weighted by atomic mass is 32.1. The first kappa shape index (κ1) is 13.3. The summed E-state index contributed by atoms with van der Waals surface area (Å²) in [5.41, 5.74) is 5.27. The number of aliphatic hydroxyl groups excluding tert-OH is 1. The predicted molar refractivity (Wildman–Crippen MR) is 77.8 cm³/mol. The number of hydrogen-bond acceptors (Lipinski definition) is 6. The van der Waals surface area contributed by atoms with Crippen LogP contribution in [0.2, 0.25) is 0 Å². The second-order valence-corrected chi connectivity index (χ2v) is 6.00. The van der Waals surface area contributed by atoms with Crippen LogP contribution in [0.1, 0.15) is 29.9 Å². The molecule has 2 atom stereocenters. The van der Waals surface area contributed by atoms with E-state index in [1.165, 1.54) is 11.3 Å². The highest BCUT2D eigenvalue weighted by Gasteiger charge is 2.25. The molecule has 1 aliphatic rings. The predicted octanol–water partition coefficient (Wildman–Crippen LogP) is 1.36. The van der Waals surface area contributed by atoms with Gasteiger partial charge in [-0.25, -0.2) is 9.97 Å². The Kier molecular flexibility index (Phi) is 3.54. The van der Waals surface area contributed by atoms with Crippen molar-refractivity contribution >= 4 is 33.3 Å². The zero-order valence-corrected chi connectivity index (χ0v) is 11.7. The van der Waals surface area contributed by atoms with E-state index in [0.717, 1.165) is 29.5 Å². The summed E-state index contributed by atoms with van der Waals surface area (Å²) in [5, 5.41) is 15.4. The molecule has 3 rings (SSSR count). The summed E-state index contributed by atoms with van der Waals surface area (Å²) >= 11 is 1.46. The zero-order valence-electron chi connectivity index (χ0n) is 10.9. The molecule has 7 heteroatoms. The minimum Gasteiger partial charge on any atom is -0.396 e. The van der Waals surface area contributed by atoms with Gasteiger partial charge in [-0.1, -0.05) is 0 Å². The quantitative estimate of drug-likeness (QED) is 0.790. The number of fused-ring (bicyclic) bond motifs is 1. The van der Waals surface area contributed by atoms with Crippen LogP contribution in [-0.4, -0.2) is 33.6 Å². The van der Waals surface area contributed by atoms with E-state index in [2.05, 4.69) is 15.3 Å². The Balaban J connectivity index is 1.90. The van der Waals surface area contributed by atoms with Crippen molar-refractivity contribution in [1.82, 2.24) is 9.97 Å². The molecule has 2 aromatic rings. The molecule has 1 amide bonds. The standard InChI is InChI=1S/C13H16N4O2S/c14-10(19)12-16-11(9-3-4-20-13(9)17-12)15-8-2-1-7(5-8)6-18/h3-4,7-8,18H,1-2,5-6H2,(H2,14,19)(H,15,16,17)/t7-,8+/m0/s1. The Labute approximate surface area is 120 Å². The molecule has 0 aliphatic heterocycles. The molecule has 2 heterocycles. The first-order chi connectivity index (χ1) is 9.67. The Morgan fingerprint density at radius 3 is 3.05 bits per heavy atom. The van der Waals surface area contributed by atoms with Gasteiger partial charge in [-0.05, 0) is 36.6 Å². The third kappa shape index (κ3) is 2.46. The van der Waals surface area contributed by atoms with Crippen LogP contribution in [0.25, 0.3) is 10.2 Å². The van der Waals surface area contributed by atoms with E-state index in [4.69, 9.17) is 5.73 Å². The molecule has 6 nitrogen and oxygen atoms in total. The SMILES string of the molecule is NC(=O)c1nc(N[C@@H]2CC[C@H](CO)C2)c2ccsc2n1. The average Bonchev–Trinajstić information content (AvgIpc) is 3.06. The van der Waals surface area contributed by atoms with Gasteiger partial charge in [-0.3, -0.25) is 4.79 Å². The molecule has 0 saturated heterocycles. The molecule has 0 spiro atoms. The number of nitrogens with one attached hydrogen (secondary N) is 1. The molecule has 20 heavy (non-hydrogen) atoms. The number of amides is 1. The molecule has 2 aromatic heterocycles. The summed E-state index contributed by atoms with van der Waals surface area (Å²) < 4.78 is 0. The lowest BCUT2D eigenvalue weighted by Crippen LogP contribution is -2.20. The van der Waals surface area contributed by atoms with Crippen LogP contribution >= 0.6 is 11.3 Å². The molecular weight excluding hydrogens is 276 g/mol. The highest BCUT2D eigenvalue weighted by molar-refractivity contribution is 7.16. The van der Waals surface area contributed by atoms with Crippen LogP contribution in [0.15, 0.2) is 11.4 Å². The largest absolute Gasteiger partial charge is 0.396 e. The third-order valence-electron chi connectivity index (χ3n) is 3.69. The van der Waals surface area contributed by atoms with Crippen molar-refractivity contribution in [2.75, 3.05) is 11.9 Å². The Morgan fingerprint density at radius 1 is 1.50 bits per heavy atom. The number of aromatic nitrogens is 2. The number of primary amides is 1. The number of thiophene rings is 1. The summed E-state index contributed by atoms with van der Waals surface area (Å²) in [6, 6.07) is 2.21. The average molecular weight is 292 g/mol. The van der Waals surface area contributed by atoms with Gasteiger partial charge < -0.3 is 16.2 Å². The van der Waals surface area contributed by atoms with E-state index in [1.54, 1.807) is 0 Å². The molecule has 0 aromatic carbocycles. The smallest absolute Gasteiger partial charge is 0.286 e. The van der Waals surface area contributed by atoms with E-state index in [0.29, 0.717) is 11.7 Å². The summed E-state index contributed by atoms with van der Waals surface area (Å²) in [5.74, 6) is 0.429. The van der Waals surface area contributed by atoms with Gasteiger partial charge in [0, 0.05) is 12.6 Å². The lowest BCUT2D eigenvalue weighted by molar-refractivity contribution is 0.0991. The normalized spacial score (nSPS) is 22.2. The molecule has 0 bridgehead atoms. The fourth-order valence-electron chi connectivity index (χ4n) is 2.64. The van der Waals surface area contributed by atoms with Gasteiger partial charge in [0.2, 0.25) is 5.82 Å². The van der Waals surface area contributed by atoms with Crippen LogP contribution in [0.5, 0.6) is 0 Å². The Hall–Kier alpha value is -1.73. The summed E-state index contributed by atoms with van der Waals surface area (Å²) in [4.78, 5) is 20.4. The number of carbonyl (C=O) groups is 1.